The maximum Gasteiger partial charge on any atom is 0.0956 e. The molecule has 4 fully saturated rings. The van der Waals surface area contributed by atoms with Crippen molar-refractivity contribution in [2.45, 2.75) is 109 Å². The smallest absolute Gasteiger partial charge is 0.0956 e. The van der Waals surface area contributed by atoms with E-state index in [4.69, 9.17) is 10.5 Å². The zero-order valence-corrected chi connectivity index (χ0v) is 21.7. The molecule has 6 aliphatic rings. The fraction of sp³-hybridized carbons (Fsp3) is 0.867. The van der Waals surface area contributed by atoms with Gasteiger partial charge in [-0.2, -0.15) is 0 Å². The highest BCUT2D eigenvalue weighted by atomic mass is 16.5. The number of likely N-dealkylation sites (tertiary alicyclic amines) is 1. The summed E-state index contributed by atoms with van der Waals surface area (Å²) in [5, 5.41) is 0. The Morgan fingerprint density at radius 1 is 1.21 bits per heavy atom. The van der Waals surface area contributed by atoms with Crippen molar-refractivity contribution in [1.82, 2.24) is 4.90 Å². The van der Waals surface area contributed by atoms with E-state index in [1.807, 2.05) is 0 Å². The summed E-state index contributed by atoms with van der Waals surface area (Å²) in [7, 11) is 2.29. The highest BCUT2D eigenvalue weighted by Gasteiger charge is 2.67. The molecule has 2 N–H and O–H groups in total. The lowest BCUT2D eigenvalue weighted by Gasteiger charge is -2.56. The zero-order chi connectivity index (χ0) is 23.0. The number of hydrogen-bond acceptors (Lipinski definition) is 3. The largest absolute Gasteiger partial charge is 0.359 e. The first-order valence-corrected chi connectivity index (χ1v) is 14.3. The van der Waals surface area contributed by atoms with Crippen LogP contribution in [0, 0.1) is 35.0 Å². The molecule has 0 aromatic rings. The highest BCUT2D eigenvalue weighted by molar-refractivity contribution is 5.46. The minimum atomic E-state index is -0.0621. The van der Waals surface area contributed by atoms with Crippen LogP contribution in [0.25, 0.3) is 0 Å². The molecule has 3 aliphatic carbocycles. The van der Waals surface area contributed by atoms with E-state index in [1.54, 1.807) is 5.57 Å². The molecular weight excluding hydrogens is 404 g/mol. The van der Waals surface area contributed by atoms with Crippen LogP contribution in [-0.2, 0) is 4.74 Å². The fourth-order valence-corrected chi connectivity index (χ4v) is 9.99. The molecule has 9 atom stereocenters. The molecule has 3 heteroatoms. The maximum atomic E-state index is 7.32. The van der Waals surface area contributed by atoms with Gasteiger partial charge in [0.25, 0.3) is 0 Å². The third-order valence-electron chi connectivity index (χ3n) is 11.8. The van der Waals surface area contributed by atoms with E-state index >= 15 is 0 Å². The molecule has 2 bridgehead atoms. The molecule has 2 spiro atoms. The van der Waals surface area contributed by atoms with E-state index in [9.17, 15) is 0 Å². The van der Waals surface area contributed by atoms with Gasteiger partial charge in [0, 0.05) is 12.6 Å². The van der Waals surface area contributed by atoms with E-state index < -0.39 is 0 Å². The van der Waals surface area contributed by atoms with Crippen molar-refractivity contribution in [3.05, 3.63) is 23.3 Å². The van der Waals surface area contributed by atoms with Gasteiger partial charge in [0.1, 0.15) is 0 Å². The van der Waals surface area contributed by atoms with E-state index in [1.165, 1.54) is 76.5 Å². The highest BCUT2D eigenvalue weighted by Crippen LogP contribution is 2.69. The van der Waals surface area contributed by atoms with E-state index in [0.29, 0.717) is 11.3 Å². The average Bonchev–Trinajstić information content (AvgIpc) is 3.28. The minimum absolute atomic E-state index is 0.0261. The summed E-state index contributed by atoms with van der Waals surface area (Å²) in [6.45, 7) is 10.3. The van der Waals surface area contributed by atoms with Crippen molar-refractivity contribution < 1.29 is 4.74 Å². The van der Waals surface area contributed by atoms with Crippen molar-refractivity contribution in [1.29, 1.82) is 0 Å². The molecule has 6 rings (SSSR count). The van der Waals surface area contributed by atoms with E-state index in [0.717, 1.165) is 36.5 Å². The molecule has 184 valence electrons. The predicted molar refractivity (Wildman–Crippen MR) is 136 cm³/mol. The van der Waals surface area contributed by atoms with Gasteiger partial charge >= 0.3 is 0 Å². The summed E-state index contributed by atoms with van der Waals surface area (Å²) >= 11 is 0. The Balaban J connectivity index is 1.20. The van der Waals surface area contributed by atoms with Gasteiger partial charge in [0.05, 0.1) is 11.2 Å². The summed E-state index contributed by atoms with van der Waals surface area (Å²) in [5.41, 5.74) is 9.98. The number of nitrogens with zero attached hydrogens (tertiary/aromatic N) is 1. The van der Waals surface area contributed by atoms with Crippen molar-refractivity contribution in [3.8, 4) is 0 Å². The number of ether oxygens (including phenoxy) is 1. The molecule has 0 amide bonds. The van der Waals surface area contributed by atoms with Crippen LogP contribution in [0.4, 0.5) is 0 Å². The lowest BCUT2D eigenvalue weighted by molar-refractivity contribution is -0.147. The van der Waals surface area contributed by atoms with Gasteiger partial charge in [-0.25, -0.2) is 0 Å². The summed E-state index contributed by atoms with van der Waals surface area (Å²) in [5.74, 6) is 4.21. The van der Waals surface area contributed by atoms with Crippen LogP contribution in [0.5, 0.6) is 0 Å². The van der Waals surface area contributed by atoms with Crippen molar-refractivity contribution in [2.75, 3.05) is 20.1 Å². The molecule has 3 aliphatic heterocycles. The number of piperidine rings is 1. The SMILES string of the molecule is CC1CN(C)CCC1CCC(C)[C@H]1CC[C@@H]2[C@]1(C)CCC1=CC3=CC[C@@H](N)C[C@]34CC[C@@]12O4. The maximum absolute atomic E-state index is 7.32. The number of rotatable bonds is 4. The second kappa shape index (κ2) is 7.93. The molecule has 3 heterocycles. The van der Waals surface area contributed by atoms with Gasteiger partial charge in [-0.05, 0) is 124 Å². The molecule has 0 radical (unpaired) electrons. The van der Waals surface area contributed by atoms with Crippen LogP contribution in [0.1, 0.15) is 91.4 Å². The number of fused-ring (bicyclic) bond motifs is 1. The van der Waals surface area contributed by atoms with Crippen molar-refractivity contribution in [2.24, 2.45) is 40.7 Å². The van der Waals surface area contributed by atoms with Crippen LogP contribution in [0.15, 0.2) is 23.3 Å². The minimum Gasteiger partial charge on any atom is -0.359 e. The molecule has 3 unspecified atom stereocenters. The molecule has 33 heavy (non-hydrogen) atoms. The van der Waals surface area contributed by atoms with Crippen LogP contribution in [0.2, 0.25) is 0 Å². The summed E-state index contributed by atoms with van der Waals surface area (Å²) in [4.78, 5) is 2.53. The monoisotopic (exact) mass is 452 g/mol. The summed E-state index contributed by atoms with van der Waals surface area (Å²) in [6, 6.07) is 0.270. The number of hydrogen-bond donors (Lipinski definition) is 1. The van der Waals surface area contributed by atoms with E-state index in [-0.39, 0.29) is 17.2 Å². The van der Waals surface area contributed by atoms with Crippen molar-refractivity contribution in [3.63, 3.8) is 0 Å². The van der Waals surface area contributed by atoms with Crippen molar-refractivity contribution >= 4 is 0 Å². The molecule has 2 saturated carbocycles. The van der Waals surface area contributed by atoms with E-state index in [2.05, 4.69) is 44.9 Å². The second-order valence-electron chi connectivity index (χ2n) is 13.6. The average molecular weight is 453 g/mol. The summed E-state index contributed by atoms with van der Waals surface area (Å²) < 4.78 is 7.32. The topological polar surface area (TPSA) is 38.5 Å². The lowest BCUT2D eigenvalue weighted by Crippen LogP contribution is -2.55. The normalized spacial score (nSPS) is 50.2. The second-order valence-corrected chi connectivity index (χ2v) is 13.6. The predicted octanol–water partition coefficient (Wildman–Crippen LogP) is 6.09. The Bertz CT molecular complexity index is 848. The molecule has 0 aromatic heterocycles. The van der Waals surface area contributed by atoms with Gasteiger partial charge < -0.3 is 15.4 Å². The first-order chi connectivity index (χ1) is 15.8. The third-order valence-corrected chi connectivity index (χ3v) is 11.8. The van der Waals surface area contributed by atoms with Crippen LogP contribution >= 0.6 is 0 Å². The summed E-state index contributed by atoms with van der Waals surface area (Å²) in [6.07, 6.45) is 19.2. The van der Waals surface area contributed by atoms with Crippen LogP contribution < -0.4 is 5.73 Å². The Labute approximate surface area is 202 Å². The standard InChI is InChI=1S/C30H48N2O/c1-20(5-6-22-12-16-32(4)19-21(22)2)26-9-10-27-28(26,3)13-11-24-17-23-7-8-25(31)18-29(23)14-15-30(24,27)33-29/h7,17,20-22,25-27H,5-6,8-16,18-19,31H2,1-4H3/t20?,21?,22?,25-,26-,27-,28-,29-,30-/m1/s1. The molecule has 3 nitrogen and oxygen atoms in total. The first kappa shape index (κ1) is 22.8. The fourth-order valence-electron chi connectivity index (χ4n) is 9.99. The lowest BCUT2D eigenvalue weighted by atomic mass is 9.55. The Morgan fingerprint density at radius 3 is 2.88 bits per heavy atom. The zero-order valence-electron chi connectivity index (χ0n) is 21.7. The quantitative estimate of drug-likeness (QED) is 0.561. The third kappa shape index (κ3) is 3.39. The Morgan fingerprint density at radius 2 is 2.06 bits per heavy atom. The van der Waals surface area contributed by atoms with Gasteiger partial charge in [0.2, 0.25) is 0 Å². The van der Waals surface area contributed by atoms with Gasteiger partial charge in [0.15, 0.2) is 0 Å². The van der Waals surface area contributed by atoms with Gasteiger partial charge in [-0.3, -0.25) is 0 Å². The Kier molecular flexibility index (Phi) is 5.48. The van der Waals surface area contributed by atoms with Gasteiger partial charge in [-0.1, -0.05) is 39.3 Å². The van der Waals surface area contributed by atoms with Gasteiger partial charge in [-0.15, -0.1) is 0 Å². The van der Waals surface area contributed by atoms with Crippen LogP contribution in [0.3, 0.4) is 0 Å². The molecule has 2 saturated heterocycles. The molecular formula is C30H48N2O. The Hall–Kier alpha value is -0.640. The first-order valence-electron chi connectivity index (χ1n) is 14.3. The molecule has 0 aromatic carbocycles. The van der Waals surface area contributed by atoms with Crippen LogP contribution in [-0.4, -0.2) is 42.3 Å². The number of nitrogens with two attached hydrogens (primary N) is 1.